The number of rotatable bonds is 8. The average molecular weight is 337 g/mol. The lowest BCUT2D eigenvalue weighted by Gasteiger charge is -2.23. The molecular weight excluding hydrogens is 306 g/mol. The quantitative estimate of drug-likeness (QED) is 0.759. The molecule has 0 bridgehead atoms. The van der Waals surface area contributed by atoms with E-state index in [9.17, 15) is 4.79 Å². The van der Waals surface area contributed by atoms with E-state index in [-0.39, 0.29) is 24.8 Å². The van der Waals surface area contributed by atoms with Gasteiger partial charge in [0.2, 0.25) is 0 Å². The van der Waals surface area contributed by atoms with Crippen molar-refractivity contribution < 1.29 is 19.4 Å². The summed E-state index contributed by atoms with van der Waals surface area (Å²) in [7, 11) is 0. The van der Waals surface area contributed by atoms with Gasteiger partial charge in [-0.2, -0.15) is 0 Å². The van der Waals surface area contributed by atoms with Crippen molar-refractivity contribution in [3.8, 4) is 5.75 Å². The van der Waals surface area contributed by atoms with E-state index in [2.05, 4.69) is 5.32 Å². The molecule has 1 rings (SSSR count). The van der Waals surface area contributed by atoms with Gasteiger partial charge < -0.3 is 19.9 Å². The van der Waals surface area contributed by atoms with E-state index in [1.54, 1.807) is 0 Å². The van der Waals surface area contributed by atoms with Gasteiger partial charge >= 0.3 is 6.09 Å². The van der Waals surface area contributed by atoms with Gasteiger partial charge in [0.05, 0.1) is 6.61 Å². The molecule has 0 aromatic heterocycles. The Kier molecular flexibility index (Phi) is 8.05. The third kappa shape index (κ3) is 7.68. The Morgan fingerprint density at radius 2 is 1.96 bits per heavy atom. The Bertz CT molecular complexity index is 510. The number of nitrogens with one attached hydrogen (secondary N) is 1. The van der Waals surface area contributed by atoms with Crippen LogP contribution < -0.4 is 10.1 Å². The van der Waals surface area contributed by atoms with Gasteiger partial charge in [-0.15, -0.1) is 0 Å². The molecule has 0 aliphatic rings. The Morgan fingerprint density at radius 1 is 1.29 bits per heavy atom. The highest BCUT2D eigenvalue weighted by Crippen LogP contribution is 2.22. The molecule has 5 nitrogen and oxygen atoms in total. The number of amides is 1. The molecule has 5 heteroatoms. The van der Waals surface area contributed by atoms with Crippen LogP contribution in [-0.2, 0) is 11.2 Å². The van der Waals surface area contributed by atoms with Crippen LogP contribution in [-0.4, -0.2) is 35.6 Å². The van der Waals surface area contributed by atoms with Gasteiger partial charge in [-0.3, -0.25) is 0 Å². The largest absolute Gasteiger partial charge is 0.488 e. The monoisotopic (exact) mass is 337 g/mol. The Hall–Kier alpha value is -1.75. The van der Waals surface area contributed by atoms with E-state index in [0.717, 1.165) is 30.6 Å². The first-order valence-corrected chi connectivity index (χ1v) is 8.60. The summed E-state index contributed by atoms with van der Waals surface area (Å²) in [6.07, 6.45) is 1.78. The number of para-hydroxylation sites is 1. The van der Waals surface area contributed by atoms with E-state index in [1.165, 1.54) is 0 Å². The minimum Gasteiger partial charge on any atom is -0.488 e. The second kappa shape index (κ2) is 9.52. The predicted octanol–water partition coefficient (Wildman–Crippen LogP) is 3.68. The number of carbonyl (C=O) groups excluding carboxylic acids is 1. The fourth-order valence-electron chi connectivity index (χ4n) is 2.26. The van der Waals surface area contributed by atoms with Crippen molar-refractivity contribution >= 4 is 6.09 Å². The first-order chi connectivity index (χ1) is 11.2. The highest BCUT2D eigenvalue weighted by Gasteiger charge is 2.19. The number of alkyl carbamates (subject to hydrolysis) is 1. The molecule has 0 saturated heterocycles. The fourth-order valence-corrected chi connectivity index (χ4v) is 2.26. The van der Waals surface area contributed by atoms with Crippen LogP contribution in [0.2, 0.25) is 0 Å². The first-order valence-electron chi connectivity index (χ1n) is 8.60. The minimum atomic E-state index is -0.497. The maximum absolute atomic E-state index is 11.9. The zero-order valence-electron chi connectivity index (χ0n) is 15.5. The normalized spacial score (nSPS) is 13.9. The van der Waals surface area contributed by atoms with Crippen LogP contribution in [0.1, 0.15) is 53.0 Å². The summed E-state index contributed by atoms with van der Waals surface area (Å²) >= 11 is 0. The van der Waals surface area contributed by atoms with Crippen molar-refractivity contribution in [2.75, 3.05) is 6.61 Å². The molecule has 24 heavy (non-hydrogen) atoms. The van der Waals surface area contributed by atoms with Crippen molar-refractivity contribution in [3.63, 3.8) is 0 Å². The Labute approximate surface area is 145 Å². The van der Waals surface area contributed by atoms with Crippen molar-refractivity contribution in [1.29, 1.82) is 0 Å². The SMILES string of the molecule is CCC(CCc1ccccc1OC(C)CO)NC(=O)OC(C)(C)C. The molecule has 136 valence electrons. The van der Waals surface area contributed by atoms with Crippen molar-refractivity contribution in [1.82, 2.24) is 5.32 Å². The topological polar surface area (TPSA) is 67.8 Å². The summed E-state index contributed by atoms with van der Waals surface area (Å²) in [5.41, 5.74) is 0.575. The highest BCUT2D eigenvalue weighted by molar-refractivity contribution is 5.68. The first kappa shape index (κ1) is 20.3. The molecule has 0 fully saturated rings. The summed E-state index contributed by atoms with van der Waals surface area (Å²) < 4.78 is 11.1. The van der Waals surface area contributed by atoms with Gasteiger partial charge in [0.1, 0.15) is 17.5 Å². The molecule has 0 saturated carbocycles. The molecule has 0 aliphatic heterocycles. The number of aryl methyl sites for hydroxylation is 1. The molecule has 1 aromatic carbocycles. The van der Waals surface area contributed by atoms with E-state index in [1.807, 2.05) is 58.9 Å². The molecule has 2 N–H and O–H groups in total. The molecular formula is C19H31NO4. The number of hydrogen-bond donors (Lipinski definition) is 2. The number of aliphatic hydroxyl groups is 1. The molecule has 2 unspecified atom stereocenters. The van der Waals surface area contributed by atoms with Crippen LogP contribution in [0, 0.1) is 0 Å². The third-order valence-corrected chi connectivity index (χ3v) is 3.53. The maximum atomic E-state index is 11.9. The Morgan fingerprint density at radius 3 is 2.54 bits per heavy atom. The van der Waals surface area contributed by atoms with Gasteiger partial charge in [-0.1, -0.05) is 25.1 Å². The Balaban J connectivity index is 2.61. The molecule has 2 atom stereocenters. The van der Waals surface area contributed by atoms with Crippen molar-refractivity contribution in [2.45, 2.75) is 71.6 Å². The third-order valence-electron chi connectivity index (χ3n) is 3.53. The molecule has 0 heterocycles. The molecule has 0 radical (unpaired) electrons. The summed E-state index contributed by atoms with van der Waals surface area (Å²) in [6.45, 7) is 9.40. The van der Waals surface area contributed by atoms with E-state index >= 15 is 0 Å². The minimum absolute atomic E-state index is 0.0217. The summed E-state index contributed by atoms with van der Waals surface area (Å²) in [5, 5.41) is 12.1. The number of ether oxygens (including phenoxy) is 2. The smallest absolute Gasteiger partial charge is 0.407 e. The molecule has 1 amide bonds. The standard InChI is InChI=1S/C19H31NO4/c1-6-16(20-18(22)24-19(3,4)5)12-11-15-9-7-8-10-17(15)23-14(2)13-21/h7-10,14,16,21H,6,11-13H2,1-5H3,(H,20,22). The van der Waals surface area contributed by atoms with Crippen LogP contribution >= 0.6 is 0 Å². The summed E-state index contributed by atoms with van der Waals surface area (Å²) in [5.74, 6) is 0.783. The molecule has 0 spiro atoms. The second-order valence-electron chi connectivity index (χ2n) is 7.01. The van der Waals surface area contributed by atoms with Gasteiger partial charge in [0.15, 0.2) is 0 Å². The van der Waals surface area contributed by atoms with E-state index in [4.69, 9.17) is 14.6 Å². The van der Waals surface area contributed by atoms with Gasteiger partial charge in [-0.05, 0) is 58.6 Å². The van der Waals surface area contributed by atoms with Crippen molar-refractivity contribution in [3.05, 3.63) is 29.8 Å². The molecule has 1 aromatic rings. The van der Waals surface area contributed by atoms with E-state index in [0.29, 0.717) is 0 Å². The van der Waals surface area contributed by atoms with Crippen LogP contribution in [0.3, 0.4) is 0 Å². The van der Waals surface area contributed by atoms with Crippen molar-refractivity contribution in [2.24, 2.45) is 0 Å². The number of hydrogen-bond acceptors (Lipinski definition) is 4. The lowest BCUT2D eigenvalue weighted by Crippen LogP contribution is -2.39. The van der Waals surface area contributed by atoms with Gasteiger partial charge in [0.25, 0.3) is 0 Å². The predicted molar refractivity (Wildman–Crippen MR) is 95.4 cm³/mol. The number of carbonyl (C=O) groups is 1. The average Bonchev–Trinajstić information content (AvgIpc) is 2.50. The zero-order valence-corrected chi connectivity index (χ0v) is 15.5. The van der Waals surface area contributed by atoms with Gasteiger partial charge in [-0.25, -0.2) is 4.79 Å². The number of aliphatic hydroxyl groups excluding tert-OH is 1. The van der Waals surface area contributed by atoms with E-state index < -0.39 is 5.60 Å². The fraction of sp³-hybridized carbons (Fsp3) is 0.632. The lowest BCUT2D eigenvalue weighted by atomic mass is 10.0. The second-order valence-corrected chi connectivity index (χ2v) is 7.01. The highest BCUT2D eigenvalue weighted by atomic mass is 16.6. The summed E-state index contributed by atoms with van der Waals surface area (Å²) in [6, 6.07) is 7.85. The van der Waals surface area contributed by atoms with Crippen LogP contribution in [0.5, 0.6) is 5.75 Å². The lowest BCUT2D eigenvalue weighted by molar-refractivity contribution is 0.0500. The summed E-state index contributed by atoms with van der Waals surface area (Å²) in [4.78, 5) is 11.9. The maximum Gasteiger partial charge on any atom is 0.407 e. The van der Waals surface area contributed by atoms with Crippen LogP contribution in [0.15, 0.2) is 24.3 Å². The zero-order chi connectivity index (χ0) is 18.2. The van der Waals surface area contributed by atoms with Crippen LogP contribution in [0.25, 0.3) is 0 Å². The van der Waals surface area contributed by atoms with Crippen LogP contribution in [0.4, 0.5) is 4.79 Å². The van der Waals surface area contributed by atoms with Gasteiger partial charge in [0, 0.05) is 6.04 Å². The molecule has 0 aliphatic carbocycles. The number of benzene rings is 1.